The molecule has 1 atom stereocenters. The van der Waals surface area contributed by atoms with Gasteiger partial charge in [-0.3, -0.25) is 4.79 Å². The van der Waals surface area contributed by atoms with Crippen LogP contribution >= 0.6 is 11.6 Å². The van der Waals surface area contributed by atoms with Crippen LogP contribution in [0.3, 0.4) is 0 Å². The minimum atomic E-state index is -0.515. The lowest BCUT2D eigenvalue weighted by molar-refractivity contribution is -0.156. The van der Waals surface area contributed by atoms with Gasteiger partial charge in [0, 0.05) is 20.3 Å². The fraction of sp³-hybridized carbons (Fsp3) is 0.900. The Morgan fingerprint density at radius 2 is 1.80 bits per heavy atom. The fourth-order valence-corrected chi connectivity index (χ4v) is 1.31. The average molecular weight is 238 g/mol. The lowest BCUT2D eigenvalue weighted by atomic mass is 10.4. The van der Waals surface area contributed by atoms with Crippen LogP contribution in [0.1, 0.15) is 20.8 Å². The van der Waals surface area contributed by atoms with E-state index >= 15 is 0 Å². The number of hydrogen-bond donors (Lipinski definition) is 0. The maximum Gasteiger partial charge on any atom is 0.240 e. The Morgan fingerprint density at radius 3 is 2.13 bits per heavy atom. The second-order valence-electron chi connectivity index (χ2n) is 3.18. The molecule has 0 rings (SSSR count). The Bertz CT molecular complexity index is 182. The third kappa shape index (κ3) is 5.97. The molecule has 0 fully saturated rings. The summed E-state index contributed by atoms with van der Waals surface area (Å²) in [5.41, 5.74) is 0. The van der Waals surface area contributed by atoms with Crippen molar-refractivity contribution in [3.63, 3.8) is 0 Å². The van der Waals surface area contributed by atoms with Crippen LogP contribution in [0.15, 0.2) is 0 Å². The van der Waals surface area contributed by atoms with Crippen molar-refractivity contribution in [2.45, 2.75) is 32.4 Å². The van der Waals surface area contributed by atoms with Crippen LogP contribution in [0, 0.1) is 0 Å². The first-order valence-electron chi connectivity index (χ1n) is 5.15. The average Bonchev–Trinajstić information content (AvgIpc) is 2.17. The van der Waals surface area contributed by atoms with Crippen LogP contribution in [0.25, 0.3) is 0 Å². The SMILES string of the molecule is CCOC(CN(C)C(=O)C(C)Cl)OCC. The van der Waals surface area contributed by atoms with Gasteiger partial charge in [-0.1, -0.05) is 0 Å². The minimum absolute atomic E-state index is 0.124. The number of alkyl halides is 1. The summed E-state index contributed by atoms with van der Waals surface area (Å²) in [7, 11) is 1.69. The van der Waals surface area contributed by atoms with Crippen LogP contribution in [0.5, 0.6) is 0 Å². The van der Waals surface area contributed by atoms with Crippen LogP contribution in [0.4, 0.5) is 0 Å². The zero-order valence-electron chi connectivity index (χ0n) is 9.83. The van der Waals surface area contributed by atoms with E-state index in [1.54, 1.807) is 14.0 Å². The highest BCUT2D eigenvalue weighted by Gasteiger charge is 2.19. The third-order valence-electron chi connectivity index (χ3n) is 1.84. The molecule has 1 unspecified atom stereocenters. The number of nitrogens with zero attached hydrogens (tertiary/aromatic N) is 1. The molecule has 1 amide bonds. The van der Waals surface area contributed by atoms with Crippen molar-refractivity contribution in [1.29, 1.82) is 0 Å². The van der Waals surface area contributed by atoms with Gasteiger partial charge in [-0.05, 0) is 20.8 Å². The van der Waals surface area contributed by atoms with Crippen molar-refractivity contribution >= 4 is 17.5 Å². The van der Waals surface area contributed by atoms with E-state index in [4.69, 9.17) is 21.1 Å². The second-order valence-corrected chi connectivity index (χ2v) is 3.83. The van der Waals surface area contributed by atoms with Gasteiger partial charge in [0.1, 0.15) is 5.38 Å². The predicted octanol–water partition coefficient (Wildman–Crippen LogP) is 1.47. The summed E-state index contributed by atoms with van der Waals surface area (Å²) in [6.07, 6.45) is -0.371. The molecule has 0 N–H and O–H groups in total. The third-order valence-corrected chi connectivity index (χ3v) is 2.03. The van der Waals surface area contributed by atoms with E-state index in [9.17, 15) is 4.79 Å². The topological polar surface area (TPSA) is 38.8 Å². The highest BCUT2D eigenvalue weighted by atomic mass is 35.5. The maximum absolute atomic E-state index is 11.5. The summed E-state index contributed by atoms with van der Waals surface area (Å²) < 4.78 is 10.6. The number of likely N-dealkylation sites (N-methyl/N-ethyl adjacent to an activating group) is 1. The smallest absolute Gasteiger partial charge is 0.240 e. The van der Waals surface area contributed by atoms with E-state index in [-0.39, 0.29) is 12.2 Å². The van der Waals surface area contributed by atoms with Crippen molar-refractivity contribution in [2.24, 2.45) is 0 Å². The Labute approximate surface area is 96.5 Å². The molecule has 0 aromatic heterocycles. The summed E-state index contributed by atoms with van der Waals surface area (Å²) in [4.78, 5) is 13.0. The van der Waals surface area contributed by atoms with Gasteiger partial charge < -0.3 is 14.4 Å². The molecule has 0 aromatic rings. The molecule has 5 heteroatoms. The Hall–Kier alpha value is -0.320. The number of amides is 1. The van der Waals surface area contributed by atoms with Crippen molar-refractivity contribution in [2.75, 3.05) is 26.8 Å². The maximum atomic E-state index is 11.5. The first-order valence-corrected chi connectivity index (χ1v) is 5.58. The Morgan fingerprint density at radius 1 is 1.33 bits per heavy atom. The van der Waals surface area contributed by atoms with Gasteiger partial charge in [0.25, 0.3) is 0 Å². The number of ether oxygens (including phenoxy) is 2. The number of carbonyl (C=O) groups is 1. The highest BCUT2D eigenvalue weighted by Crippen LogP contribution is 2.03. The van der Waals surface area contributed by atoms with Crippen molar-refractivity contribution in [3.05, 3.63) is 0 Å². The quantitative estimate of drug-likeness (QED) is 0.497. The molecule has 0 saturated heterocycles. The molecular weight excluding hydrogens is 218 g/mol. The fourth-order valence-electron chi connectivity index (χ4n) is 1.14. The Balaban J connectivity index is 4.08. The first kappa shape index (κ1) is 14.7. The zero-order valence-corrected chi connectivity index (χ0v) is 10.6. The molecule has 0 saturated carbocycles. The van der Waals surface area contributed by atoms with E-state index in [1.165, 1.54) is 4.90 Å². The molecule has 0 bridgehead atoms. The van der Waals surface area contributed by atoms with E-state index in [2.05, 4.69) is 0 Å². The molecule has 0 aromatic carbocycles. The van der Waals surface area contributed by atoms with Crippen LogP contribution in [-0.4, -0.2) is 49.3 Å². The monoisotopic (exact) mass is 237 g/mol. The number of halogens is 1. The predicted molar refractivity (Wildman–Crippen MR) is 60.0 cm³/mol. The van der Waals surface area contributed by atoms with Crippen molar-refractivity contribution in [1.82, 2.24) is 4.90 Å². The van der Waals surface area contributed by atoms with Gasteiger partial charge in [0.05, 0.1) is 6.54 Å². The number of rotatable bonds is 7. The van der Waals surface area contributed by atoms with E-state index in [0.717, 1.165) is 0 Å². The zero-order chi connectivity index (χ0) is 11.8. The largest absolute Gasteiger partial charge is 0.351 e. The summed E-state index contributed by atoms with van der Waals surface area (Å²) in [5, 5.41) is -0.515. The highest BCUT2D eigenvalue weighted by molar-refractivity contribution is 6.30. The lowest BCUT2D eigenvalue weighted by Crippen LogP contribution is -2.39. The molecule has 0 heterocycles. The molecule has 4 nitrogen and oxygen atoms in total. The van der Waals surface area contributed by atoms with Gasteiger partial charge >= 0.3 is 0 Å². The van der Waals surface area contributed by atoms with Crippen LogP contribution in [-0.2, 0) is 14.3 Å². The molecule has 0 spiro atoms. The van der Waals surface area contributed by atoms with E-state index in [0.29, 0.717) is 19.8 Å². The summed E-state index contributed by atoms with van der Waals surface area (Å²) in [6.45, 7) is 6.94. The van der Waals surface area contributed by atoms with E-state index < -0.39 is 5.38 Å². The summed E-state index contributed by atoms with van der Waals surface area (Å²) in [5.74, 6) is -0.124. The normalized spacial score (nSPS) is 12.9. The molecule has 0 aliphatic heterocycles. The Kier molecular flexibility index (Phi) is 7.74. The lowest BCUT2D eigenvalue weighted by Gasteiger charge is -2.24. The molecule has 0 aliphatic rings. The standard InChI is InChI=1S/C10H20ClNO3/c1-5-14-9(15-6-2)7-12(4)10(13)8(3)11/h8-9H,5-7H2,1-4H3. The van der Waals surface area contributed by atoms with Gasteiger partial charge in [-0.15, -0.1) is 11.6 Å². The summed E-state index contributed by atoms with van der Waals surface area (Å²) >= 11 is 5.69. The van der Waals surface area contributed by atoms with Gasteiger partial charge in [0.2, 0.25) is 5.91 Å². The molecule has 0 aliphatic carbocycles. The van der Waals surface area contributed by atoms with Crippen LogP contribution < -0.4 is 0 Å². The summed E-state index contributed by atoms with van der Waals surface area (Å²) in [6, 6.07) is 0. The second kappa shape index (κ2) is 7.91. The number of hydrogen-bond acceptors (Lipinski definition) is 3. The first-order chi connectivity index (χ1) is 7.02. The van der Waals surface area contributed by atoms with Crippen LogP contribution in [0.2, 0.25) is 0 Å². The van der Waals surface area contributed by atoms with Gasteiger partial charge in [-0.25, -0.2) is 0 Å². The van der Waals surface area contributed by atoms with Crippen molar-refractivity contribution in [3.8, 4) is 0 Å². The molecule has 0 radical (unpaired) electrons. The minimum Gasteiger partial charge on any atom is -0.351 e. The van der Waals surface area contributed by atoms with Gasteiger partial charge in [-0.2, -0.15) is 0 Å². The molecule has 15 heavy (non-hydrogen) atoms. The van der Waals surface area contributed by atoms with Crippen molar-refractivity contribution < 1.29 is 14.3 Å². The molecule has 90 valence electrons. The molecular formula is C10H20ClNO3. The number of carbonyl (C=O) groups excluding carboxylic acids is 1. The van der Waals surface area contributed by atoms with Gasteiger partial charge in [0.15, 0.2) is 6.29 Å². The van der Waals surface area contributed by atoms with E-state index in [1.807, 2.05) is 13.8 Å².